The lowest BCUT2D eigenvalue weighted by Gasteiger charge is -2.17. The van der Waals surface area contributed by atoms with Gasteiger partial charge >= 0.3 is 0 Å². The number of rotatable bonds is 6. The molecule has 1 aromatic heterocycles. The van der Waals surface area contributed by atoms with Gasteiger partial charge in [-0.3, -0.25) is 9.59 Å². The number of carbonyl (C=O) groups excluding carboxylic acids is 2. The average molecular weight is 407 g/mol. The first-order valence-electron chi connectivity index (χ1n) is 9.37. The summed E-state index contributed by atoms with van der Waals surface area (Å²) in [5.74, 6) is 0.969. The molecule has 0 unspecified atom stereocenters. The zero-order chi connectivity index (χ0) is 20.2. The van der Waals surface area contributed by atoms with Crippen LogP contribution in [0.15, 0.2) is 53.7 Å². The van der Waals surface area contributed by atoms with Crippen molar-refractivity contribution in [2.75, 3.05) is 16.4 Å². The molecule has 0 radical (unpaired) electrons. The van der Waals surface area contributed by atoms with Crippen molar-refractivity contribution in [3.8, 4) is 0 Å². The Labute approximate surface area is 172 Å². The van der Waals surface area contributed by atoms with E-state index in [1.807, 2.05) is 41.8 Å². The molecule has 1 aliphatic rings. The highest BCUT2D eigenvalue weighted by Gasteiger charge is 2.16. The van der Waals surface area contributed by atoms with Gasteiger partial charge in [0, 0.05) is 17.8 Å². The van der Waals surface area contributed by atoms with Crippen molar-refractivity contribution in [3.63, 3.8) is 0 Å². The van der Waals surface area contributed by atoms with E-state index in [0.29, 0.717) is 19.4 Å². The van der Waals surface area contributed by atoms with Crippen LogP contribution in [-0.2, 0) is 22.6 Å². The molecule has 8 heteroatoms. The lowest BCUT2D eigenvalue weighted by Crippen LogP contribution is -2.20. The van der Waals surface area contributed by atoms with Crippen LogP contribution in [0.5, 0.6) is 0 Å². The van der Waals surface area contributed by atoms with E-state index in [2.05, 4.69) is 33.0 Å². The van der Waals surface area contributed by atoms with Crippen molar-refractivity contribution in [2.45, 2.75) is 31.5 Å². The van der Waals surface area contributed by atoms with Crippen LogP contribution in [-0.4, -0.2) is 32.3 Å². The molecule has 29 heavy (non-hydrogen) atoms. The van der Waals surface area contributed by atoms with Crippen LogP contribution in [0.4, 0.5) is 11.4 Å². The predicted molar refractivity (Wildman–Crippen MR) is 113 cm³/mol. The Balaban J connectivity index is 1.37. The van der Waals surface area contributed by atoms with Gasteiger partial charge in [0.25, 0.3) is 0 Å². The largest absolute Gasteiger partial charge is 0.326 e. The second-order valence-electron chi connectivity index (χ2n) is 6.86. The lowest BCUT2D eigenvalue weighted by molar-refractivity contribution is -0.116. The number of benzene rings is 2. The Morgan fingerprint density at radius 2 is 2.00 bits per heavy atom. The summed E-state index contributed by atoms with van der Waals surface area (Å²) in [6.07, 6.45) is 1.15. The highest BCUT2D eigenvalue weighted by Crippen LogP contribution is 2.26. The van der Waals surface area contributed by atoms with Gasteiger partial charge in [-0.25, -0.2) is 0 Å². The summed E-state index contributed by atoms with van der Waals surface area (Å²) < 4.78 is 2.01. The monoisotopic (exact) mass is 407 g/mol. The van der Waals surface area contributed by atoms with Crippen LogP contribution in [0.25, 0.3) is 0 Å². The number of anilines is 2. The third kappa shape index (κ3) is 4.65. The summed E-state index contributed by atoms with van der Waals surface area (Å²) in [5.41, 5.74) is 3.74. The number of fused-ring (bicyclic) bond motifs is 1. The number of aromatic nitrogens is 3. The molecule has 0 saturated carbocycles. The molecule has 0 fully saturated rings. The second kappa shape index (κ2) is 8.48. The molecule has 0 bridgehead atoms. The van der Waals surface area contributed by atoms with Crippen LogP contribution >= 0.6 is 11.8 Å². The van der Waals surface area contributed by atoms with Crippen molar-refractivity contribution in [1.82, 2.24) is 14.8 Å². The van der Waals surface area contributed by atoms with Gasteiger partial charge in [-0.2, -0.15) is 0 Å². The molecule has 2 N–H and O–H groups in total. The molecule has 7 nitrogen and oxygen atoms in total. The van der Waals surface area contributed by atoms with E-state index in [4.69, 9.17) is 0 Å². The maximum absolute atomic E-state index is 12.4. The smallest absolute Gasteiger partial charge is 0.234 e. The van der Waals surface area contributed by atoms with E-state index >= 15 is 0 Å². The van der Waals surface area contributed by atoms with E-state index in [0.717, 1.165) is 33.5 Å². The number of carbonyl (C=O) groups is 2. The zero-order valence-corrected chi connectivity index (χ0v) is 16.8. The number of hydrogen-bond acceptors (Lipinski definition) is 5. The van der Waals surface area contributed by atoms with Crippen LogP contribution in [0, 0.1) is 6.92 Å². The van der Waals surface area contributed by atoms with Gasteiger partial charge in [0.2, 0.25) is 11.8 Å². The fraction of sp³-hybridized carbons (Fsp3) is 0.238. The molecule has 1 aliphatic heterocycles. The van der Waals surface area contributed by atoms with E-state index in [1.165, 1.54) is 11.8 Å². The first kappa shape index (κ1) is 19.2. The molecule has 2 amide bonds. The van der Waals surface area contributed by atoms with E-state index in [1.54, 1.807) is 6.07 Å². The zero-order valence-electron chi connectivity index (χ0n) is 16.0. The normalized spacial score (nSPS) is 12.9. The molecule has 2 aromatic carbocycles. The third-order valence-corrected chi connectivity index (χ3v) is 5.67. The molecular formula is C21H21N5O2S. The minimum Gasteiger partial charge on any atom is -0.326 e. The van der Waals surface area contributed by atoms with Crippen LogP contribution in [0.2, 0.25) is 0 Å². The highest BCUT2D eigenvalue weighted by atomic mass is 32.2. The fourth-order valence-electron chi connectivity index (χ4n) is 3.20. The fourth-order valence-corrected chi connectivity index (χ4v) is 3.99. The molecule has 2 heterocycles. The third-order valence-electron chi connectivity index (χ3n) is 4.70. The first-order chi connectivity index (χ1) is 14.1. The van der Waals surface area contributed by atoms with E-state index in [9.17, 15) is 9.59 Å². The summed E-state index contributed by atoms with van der Waals surface area (Å²) in [6, 6.07) is 15.6. The first-order valence-corrected chi connectivity index (χ1v) is 10.4. The SMILES string of the molecule is Cc1nnc(SCC(=O)Nc2ccc3c(c2)CCC(=O)N3)n1Cc1ccccc1. The summed E-state index contributed by atoms with van der Waals surface area (Å²) in [6.45, 7) is 2.58. The van der Waals surface area contributed by atoms with Gasteiger partial charge in [0.1, 0.15) is 5.82 Å². The molecule has 0 aliphatic carbocycles. The summed E-state index contributed by atoms with van der Waals surface area (Å²) in [4.78, 5) is 23.9. The Morgan fingerprint density at radius 1 is 1.17 bits per heavy atom. The molecule has 148 valence electrons. The maximum atomic E-state index is 12.4. The van der Waals surface area contributed by atoms with Gasteiger partial charge in [-0.1, -0.05) is 42.1 Å². The van der Waals surface area contributed by atoms with Gasteiger partial charge in [0.15, 0.2) is 5.16 Å². The Bertz CT molecular complexity index is 1050. The Kier molecular flexibility index (Phi) is 5.62. The van der Waals surface area contributed by atoms with E-state index < -0.39 is 0 Å². The van der Waals surface area contributed by atoms with Crippen molar-refractivity contribution < 1.29 is 9.59 Å². The molecule has 3 aromatic rings. The Hall–Kier alpha value is -3.13. The molecule has 4 rings (SSSR count). The molecule has 0 saturated heterocycles. The molecular weight excluding hydrogens is 386 g/mol. The number of thioether (sulfide) groups is 1. The summed E-state index contributed by atoms with van der Waals surface area (Å²) >= 11 is 1.36. The van der Waals surface area contributed by atoms with E-state index in [-0.39, 0.29) is 17.6 Å². The minimum atomic E-state index is -0.110. The van der Waals surface area contributed by atoms with Crippen molar-refractivity contribution in [3.05, 3.63) is 65.5 Å². The molecule has 0 spiro atoms. The van der Waals surface area contributed by atoms with Crippen molar-refractivity contribution >= 4 is 35.0 Å². The number of nitrogens with one attached hydrogen (secondary N) is 2. The number of amides is 2. The molecule has 0 atom stereocenters. The van der Waals surface area contributed by atoms with Gasteiger partial charge in [0.05, 0.1) is 12.3 Å². The van der Waals surface area contributed by atoms with Gasteiger partial charge in [-0.05, 0) is 42.7 Å². The van der Waals surface area contributed by atoms with Crippen molar-refractivity contribution in [1.29, 1.82) is 0 Å². The summed E-state index contributed by atoms with van der Waals surface area (Å²) in [7, 11) is 0. The second-order valence-corrected chi connectivity index (χ2v) is 7.80. The van der Waals surface area contributed by atoms with Crippen LogP contribution < -0.4 is 10.6 Å². The van der Waals surface area contributed by atoms with Gasteiger partial charge < -0.3 is 15.2 Å². The maximum Gasteiger partial charge on any atom is 0.234 e. The lowest BCUT2D eigenvalue weighted by atomic mass is 10.0. The number of nitrogens with zero attached hydrogens (tertiary/aromatic N) is 3. The van der Waals surface area contributed by atoms with Gasteiger partial charge in [-0.15, -0.1) is 10.2 Å². The quantitative estimate of drug-likeness (QED) is 0.613. The predicted octanol–water partition coefficient (Wildman–Crippen LogP) is 3.25. The topological polar surface area (TPSA) is 88.9 Å². The van der Waals surface area contributed by atoms with Crippen molar-refractivity contribution in [2.24, 2.45) is 0 Å². The summed E-state index contributed by atoms with van der Waals surface area (Å²) in [5, 5.41) is 14.8. The standard InChI is InChI=1S/C21H21N5O2S/c1-14-24-25-21(26(14)12-15-5-3-2-4-6-15)29-13-20(28)22-17-8-9-18-16(11-17)7-10-19(27)23-18/h2-6,8-9,11H,7,10,12-13H2,1H3,(H,22,28)(H,23,27). The highest BCUT2D eigenvalue weighted by molar-refractivity contribution is 7.99. The minimum absolute atomic E-state index is 0.0283. The average Bonchev–Trinajstić information content (AvgIpc) is 3.07. The van der Waals surface area contributed by atoms with Crippen LogP contribution in [0.3, 0.4) is 0 Å². The number of hydrogen-bond donors (Lipinski definition) is 2. The van der Waals surface area contributed by atoms with Crippen LogP contribution in [0.1, 0.15) is 23.4 Å². The number of aryl methyl sites for hydroxylation is 2. The Morgan fingerprint density at radius 3 is 2.83 bits per heavy atom.